The van der Waals surface area contributed by atoms with Gasteiger partial charge in [0.05, 0.1) is 13.0 Å². The summed E-state index contributed by atoms with van der Waals surface area (Å²) in [6.45, 7) is 0.367. The molecule has 0 atom stereocenters. The topological polar surface area (TPSA) is 55.8 Å². The van der Waals surface area contributed by atoms with Crippen LogP contribution in [0.25, 0.3) is 0 Å². The number of amides is 2. The van der Waals surface area contributed by atoms with Crippen LogP contribution in [0.5, 0.6) is 0 Å². The summed E-state index contributed by atoms with van der Waals surface area (Å²) in [4.78, 5) is 27.3. The van der Waals surface area contributed by atoms with E-state index in [1.807, 2.05) is 30.3 Å². The molecule has 1 aromatic carbocycles. The van der Waals surface area contributed by atoms with Crippen molar-refractivity contribution in [2.45, 2.75) is 13.0 Å². The molecule has 1 saturated heterocycles. The van der Waals surface area contributed by atoms with E-state index in [1.54, 1.807) is 0 Å². The summed E-state index contributed by atoms with van der Waals surface area (Å²) in [5.74, 6) is -0.363. The Morgan fingerprint density at radius 1 is 1.38 bits per heavy atom. The molecular weight excluding hydrogens is 210 g/mol. The lowest BCUT2D eigenvalue weighted by Gasteiger charge is -2.11. The number of hydrogen-bond donors (Lipinski definition) is 0. The van der Waals surface area contributed by atoms with Crippen LogP contribution in [-0.2, 0) is 21.0 Å². The van der Waals surface area contributed by atoms with E-state index in [9.17, 15) is 9.59 Å². The summed E-state index contributed by atoms with van der Waals surface area (Å²) >= 11 is 0. The van der Waals surface area contributed by atoms with E-state index in [-0.39, 0.29) is 25.5 Å². The number of nitrogens with zero attached hydrogens (tertiary/aromatic N) is 1. The third kappa shape index (κ3) is 2.38. The molecule has 2 amide bonds. The molecule has 5 nitrogen and oxygen atoms in total. The first kappa shape index (κ1) is 10.6. The highest BCUT2D eigenvalue weighted by atomic mass is 16.7. The zero-order chi connectivity index (χ0) is 11.4. The Morgan fingerprint density at radius 3 is 2.75 bits per heavy atom. The largest absolute Gasteiger partial charge is 0.443 e. The van der Waals surface area contributed by atoms with Gasteiger partial charge in [-0.1, -0.05) is 30.3 Å². The van der Waals surface area contributed by atoms with Gasteiger partial charge in [0.2, 0.25) is 0 Å². The van der Waals surface area contributed by atoms with Crippen molar-refractivity contribution in [2.24, 2.45) is 0 Å². The maximum absolute atomic E-state index is 11.4. The van der Waals surface area contributed by atoms with E-state index in [2.05, 4.69) is 0 Å². The van der Waals surface area contributed by atoms with Gasteiger partial charge in [-0.3, -0.25) is 9.63 Å². The molecule has 0 radical (unpaired) electrons. The summed E-state index contributed by atoms with van der Waals surface area (Å²) in [5, 5.41) is 0.670. The molecule has 0 aliphatic carbocycles. The molecule has 1 aliphatic heterocycles. The molecular formula is C11H11NO4. The molecule has 0 saturated carbocycles. The molecule has 0 bridgehead atoms. The second-order valence-electron chi connectivity index (χ2n) is 3.31. The molecule has 16 heavy (non-hydrogen) atoms. The fraction of sp³-hybridized carbons (Fsp3) is 0.273. The highest BCUT2D eigenvalue weighted by molar-refractivity contribution is 5.91. The molecule has 0 unspecified atom stereocenters. The number of carbonyl (C=O) groups excluding carboxylic acids is 2. The smallest absolute Gasteiger partial charge is 0.441 e. The van der Waals surface area contributed by atoms with E-state index < -0.39 is 6.09 Å². The van der Waals surface area contributed by atoms with Gasteiger partial charge in [0, 0.05) is 0 Å². The molecule has 0 spiro atoms. The SMILES string of the molecule is O=C1CCON1C(=O)OCc1ccccc1. The Hall–Kier alpha value is -1.88. The molecule has 0 aromatic heterocycles. The van der Waals surface area contributed by atoms with Crippen molar-refractivity contribution < 1.29 is 19.2 Å². The lowest BCUT2D eigenvalue weighted by Crippen LogP contribution is -2.31. The first-order chi connectivity index (χ1) is 7.77. The van der Waals surface area contributed by atoms with Gasteiger partial charge in [-0.25, -0.2) is 4.79 Å². The summed E-state index contributed by atoms with van der Waals surface area (Å²) in [5.41, 5.74) is 0.863. The van der Waals surface area contributed by atoms with Crippen LogP contribution in [0.15, 0.2) is 30.3 Å². The summed E-state index contributed by atoms with van der Waals surface area (Å²) in [6, 6.07) is 9.24. The predicted molar refractivity (Wildman–Crippen MR) is 54.0 cm³/mol. The third-order valence-corrected chi connectivity index (χ3v) is 2.13. The number of rotatable bonds is 2. The summed E-state index contributed by atoms with van der Waals surface area (Å²) < 4.78 is 4.92. The van der Waals surface area contributed by atoms with Crippen LogP contribution in [0.2, 0.25) is 0 Å². The number of carbonyl (C=O) groups is 2. The van der Waals surface area contributed by atoms with Crippen LogP contribution in [0.1, 0.15) is 12.0 Å². The molecule has 5 heteroatoms. The minimum absolute atomic E-state index is 0.132. The first-order valence-electron chi connectivity index (χ1n) is 4.94. The Bertz CT molecular complexity index is 390. The Morgan fingerprint density at radius 2 is 2.12 bits per heavy atom. The average Bonchev–Trinajstić information content (AvgIpc) is 2.74. The third-order valence-electron chi connectivity index (χ3n) is 2.13. The fourth-order valence-electron chi connectivity index (χ4n) is 1.33. The van der Waals surface area contributed by atoms with Crippen LogP contribution in [-0.4, -0.2) is 23.7 Å². The van der Waals surface area contributed by atoms with Crippen molar-refractivity contribution in [1.29, 1.82) is 0 Å². The van der Waals surface area contributed by atoms with E-state index in [4.69, 9.17) is 9.57 Å². The molecule has 1 heterocycles. The minimum Gasteiger partial charge on any atom is -0.443 e. The highest BCUT2D eigenvalue weighted by Gasteiger charge is 2.29. The molecule has 1 aliphatic rings. The van der Waals surface area contributed by atoms with Crippen molar-refractivity contribution in [1.82, 2.24) is 5.06 Å². The number of ether oxygens (including phenoxy) is 1. The van der Waals surface area contributed by atoms with Gasteiger partial charge >= 0.3 is 6.09 Å². The van der Waals surface area contributed by atoms with Crippen molar-refractivity contribution in [3.63, 3.8) is 0 Å². The van der Waals surface area contributed by atoms with Gasteiger partial charge in [0.1, 0.15) is 6.61 Å². The summed E-state index contributed by atoms with van der Waals surface area (Å²) in [7, 11) is 0. The van der Waals surface area contributed by atoms with Gasteiger partial charge in [-0.15, -0.1) is 5.06 Å². The standard InChI is InChI=1S/C11H11NO4/c13-10-6-7-16-12(10)11(14)15-8-9-4-2-1-3-5-9/h1-5H,6-8H2. The number of imide groups is 1. The summed E-state index contributed by atoms with van der Waals surface area (Å²) in [6.07, 6.45) is -0.535. The van der Waals surface area contributed by atoms with Crippen molar-refractivity contribution in [3.8, 4) is 0 Å². The zero-order valence-electron chi connectivity index (χ0n) is 8.59. The number of hydrogen-bond acceptors (Lipinski definition) is 4. The predicted octanol–water partition coefficient (Wildman–Crippen LogP) is 1.49. The molecule has 84 valence electrons. The number of hydroxylamine groups is 2. The Labute approximate surface area is 92.5 Å². The molecule has 1 fully saturated rings. The van der Waals surface area contributed by atoms with Crippen molar-refractivity contribution in [3.05, 3.63) is 35.9 Å². The van der Waals surface area contributed by atoms with Gasteiger partial charge in [0.25, 0.3) is 5.91 Å². The van der Waals surface area contributed by atoms with Crippen LogP contribution < -0.4 is 0 Å². The van der Waals surface area contributed by atoms with Crippen LogP contribution in [0, 0.1) is 0 Å². The maximum Gasteiger partial charge on any atom is 0.441 e. The van der Waals surface area contributed by atoms with Crippen LogP contribution in [0.3, 0.4) is 0 Å². The van der Waals surface area contributed by atoms with Gasteiger partial charge in [-0.05, 0) is 5.56 Å². The lowest BCUT2D eigenvalue weighted by molar-refractivity contribution is -0.152. The maximum atomic E-state index is 11.4. The normalized spacial score (nSPS) is 15.2. The van der Waals surface area contributed by atoms with E-state index in [1.165, 1.54) is 0 Å². The fourth-order valence-corrected chi connectivity index (χ4v) is 1.33. The Kier molecular flexibility index (Phi) is 3.16. The van der Waals surface area contributed by atoms with Crippen molar-refractivity contribution >= 4 is 12.0 Å². The number of benzene rings is 1. The second-order valence-corrected chi connectivity index (χ2v) is 3.31. The first-order valence-corrected chi connectivity index (χ1v) is 4.94. The average molecular weight is 221 g/mol. The van der Waals surface area contributed by atoms with E-state index >= 15 is 0 Å². The Balaban J connectivity index is 1.86. The van der Waals surface area contributed by atoms with Crippen molar-refractivity contribution in [2.75, 3.05) is 6.61 Å². The van der Waals surface area contributed by atoms with Gasteiger partial charge in [-0.2, -0.15) is 0 Å². The van der Waals surface area contributed by atoms with E-state index in [0.717, 1.165) is 5.56 Å². The quantitative estimate of drug-likeness (QED) is 0.759. The van der Waals surface area contributed by atoms with Crippen LogP contribution >= 0.6 is 0 Å². The molecule has 1 aromatic rings. The van der Waals surface area contributed by atoms with E-state index in [0.29, 0.717) is 5.06 Å². The molecule has 0 N–H and O–H groups in total. The zero-order valence-corrected chi connectivity index (χ0v) is 8.59. The second kappa shape index (κ2) is 4.76. The lowest BCUT2D eigenvalue weighted by atomic mass is 10.2. The minimum atomic E-state index is -0.758. The van der Waals surface area contributed by atoms with Gasteiger partial charge < -0.3 is 4.74 Å². The monoisotopic (exact) mass is 221 g/mol. The van der Waals surface area contributed by atoms with Crippen LogP contribution in [0.4, 0.5) is 4.79 Å². The van der Waals surface area contributed by atoms with Gasteiger partial charge in [0.15, 0.2) is 0 Å². The molecule has 2 rings (SSSR count). The highest BCUT2D eigenvalue weighted by Crippen LogP contribution is 2.10.